The molecule has 0 aliphatic carbocycles. The number of pyridine rings is 1. The van der Waals surface area contributed by atoms with E-state index in [4.69, 9.17) is 5.21 Å². The first-order chi connectivity index (χ1) is 10.2. The molecule has 1 aromatic heterocycles. The molecule has 1 aliphatic rings. The number of benzene rings is 1. The lowest BCUT2D eigenvalue weighted by Crippen LogP contribution is -2.43. The van der Waals surface area contributed by atoms with E-state index >= 15 is 0 Å². The zero-order chi connectivity index (χ0) is 14.8. The van der Waals surface area contributed by atoms with E-state index in [1.807, 2.05) is 37.3 Å². The first-order valence-electron chi connectivity index (χ1n) is 7.04. The van der Waals surface area contributed by atoms with Crippen molar-refractivity contribution in [3.63, 3.8) is 0 Å². The van der Waals surface area contributed by atoms with Crippen LogP contribution in [0.15, 0.2) is 41.7 Å². The van der Waals surface area contributed by atoms with E-state index in [2.05, 4.69) is 10.1 Å². The number of hydrogen-bond acceptors (Lipinski definition) is 4. The fourth-order valence-electron chi connectivity index (χ4n) is 2.80. The Morgan fingerprint density at radius 3 is 2.95 bits per heavy atom. The van der Waals surface area contributed by atoms with Gasteiger partial charge in [0.2, 0.25) is 0 Å². The number of likely N-dealkylation sites (tertiary alicyclic amines) is 1. The number of nitrogens with zero attached hydrogens (tertiary/aromatic N) is 3. The fourth-order valence-corrected chi connectivity index (χ4v) is 2.80. The van der Waals surface area contributed by atoms with Gasteiger partial charge in [0.15, 0.2) is 0 Å². The second kappa shape index (κ2) is 5.52. The third-order valence-corrected chi connectivity index (χ3v) is 3.99. The van der Waals surface area contributed by atoms with Crippen LogP contribution in [0.1, 0.15) is 23.8 Å². The van der Waals surface area contributed by atoms with Crippen LogP contribution >= 0.6 is 0 Å². The van der Waals surface area contributed by atoms with E-state index in [1.54, 1.807) is 11.1 Å². The van der Waals surface area contributed by atoms with Gasteiger partial charge in [0.1, 0.15) is 5.69 Å². The minimum absolute atomic E-state index is 0.0596. The average Bonchev–Trinajstić information content (AvgIpc) is 2.53. The van der Waals surface area contributed by atoms with Crippen LogP contribution in [-0.4, -0.2) is 39.8 Å². The van der Waals surface area contributed by atoms with Crippen LogP contribution in [0.4, 0.5) is 0 Å². The molecule has 5 heteroatoms. The number of aromatic nitrogens is 1. The van der Waals surface area contributed by atoms with E-state index in [0.29, 0.717) is 25.2 Å². The lowest BCUT2D eigenvalue weighted by Gasteiger charge is -2.31. The SMILES string of the molecule is CC1CN(C(=O)c2nccc3ccccc23)CC/C1=N\O. The van der Waals surface area contributed by atoms with Crippen molar-refractivity contribution in [3.05, 3.63) is 42.2 Å². The van der Waals surface area contributed by atoms with E-state index in [-0.39, 0.29) is 11.8 Å². The first kappa shape index (κ1) is 13.5. The number of piperidine rings is 1. The number of hydrogen-bond donors (Lipinski definition) is 1. The largest absolute Gasteiger partial charge is 0.411 e. The molecule has 1 saturated heterocycles. The van der Waals surface area contributed by atoms with Gasteiger partial charge in [-0.15, -0.1) is 0 Å². The summed E-state index contributed by atoms with van der Waals surface area (Å²) >= 11 is 0. The highest BCUT2D eigenvalue weighted by molar-refractivity contribution is 6.05. The minimum Gasteiger partial charge on any atom is -0.411 e. The Morgan fingerprint density at radius 2 is 2.19 bits per heavy atom. The zero-order valence-corrected chi connectivity index (χ0v) is 11.9. The van der Waals surface area contributed by atoms with Gasteiger partial charge in [-0.25, -0.2) is 0 Å². The maximum atomic E-state index is 12.7. The quantitative estimate of drug-likeness (QED) is 0.646. The molecule has 1 aromatic carbocycles. The second-order valence-corrected chi connectivity index (χ2v) is 5.37. The smallest absolute Gasteiger partial charge is 0.273 e. The molecule has 1 unspecified atom stereocenters. The molecule has 3 rings (SSSR count). The van der Waals surface area contributed by atoms with E-state index in [9.17, 15) is 4.79 Å². The molecule has 1 fully saturated rings. The van der Waals surface area contributed by atoms with Gasteiger partial charge in [-0.1, -0.05) is 36.3 Å². The highest BCUT2D eigenvalue weighted by Gasteiger charge is 2.27. The van der Waals surface area contributed by atoms with Gasteiger partial charge >= 0.3 is 0 Å². The van der Waals surface area contributed by atoms with Crippen molar-refractivity contribution >= 4 is 22.4 Å². The summed E-state index contributed by atoms with van der Waals surface area (Å²) in [6, 6.07) is 9.66. The van der Waals surface area contributed by atoms with Crippen molar-refractivity contribution in [1.82, 2.24) is 9.88 Å². The van der Waals surface area contributed by atoms with Gasteiger partial charge < -0.3 is 10.1 Å². The van der Waals surface area contributed by atoms with Crippen LogP contribution in [0.2, 0.25) is 0 Å². The monoisotopic (exact) mass is 283 g/mol. The van der Waals surface area contributed by atoms with Crippen molar-refractivity contribution < 1.29 is 10.0 Å². The van der Waals surface area contributed by atoms with Crippen molar-refractivity contribution in [1.29, 1.82) is 0 Å². The van der Waals surface area contributed by atoms with E-state index in [0.717, 1.165) is 16.5 Å². The number of rotatable bonds is 1. The summed E-state index contributed by atoms with van der Waals surface area (Å²) in [4.78, 5) is 18.8. The van der Waals surface area contributed by atoms with Gasteiger partial charge in [-0.05, 0) is 11.5 Å². The molecule has 0 saturated carbocycles. The minimum atomic E-state index is -0.0596. The zero-order valence-electron chi connectivity index (χ0n) is 11.9. The lowest BCUT2D eigenvalue weighted by molar-refractivity contribution is 0.0730. The van der Waals surface area contributed by atoms with Crippen LogP contribution < -0.4 is 0 Å². The maximum Gasteiger partial charge on any atom is 0.273 e. The predicted molar refractivity (Wildman–Crippen MR) is 80.6 cm³/mol. The van der Waals surface area contributed by atoms with Gasteiger partial charge in [0, 0.05) is 37.0 Å². The summed E-state index contributed by atoms with van der Waals surface area (Å²) in [5, 5.41) is 14.1. The molecule has 108 valence electrons. The summed E-state index contributed by atoms with van der Waals surface area (Å²) < 4.78 is 0. The Morgan fingerprint density at radius 1 is 1.38 bits per heavy atom. The van der Waals surface area contributed by atoms with Crippen molar-refractivity contribution in [2.45, 2.75) is 13.3 Å². The Bertz CT molecular complexity index is 706. The molecule has 1 aliphatic heterocycles. The normalized spacial score (nSPS) is 20.9. The van der Waals surface area contributed by atoms with Crippen LogP contribution in [0, 0.1) is 5.92 Å². The predicted octanol–water partition coefficient (Wildman–Crippen LogP) is 2.55. The molecule has 5 nitrogen and oxygen atoms in total. The van der Waals surface area contributed by atoms with Crippen molar-refractivity contribution in [2.24, 2.45) is 11.1 Å². The molecule has 0 bridgehead atoms. The molecule has 2 heterocycles. The third-order valence-electron chi connectivity index (χ3n) is 3.99. The summed E-state index contributed by atoms with van der Waals surface area (Å²) in [6.45, 7) is 3.08. The number of carbonyl (C=O) groups is 1. The first-order valence-corrected chi connectivity index (χ1v) is 7.04. The number of amides is 1. The summed E-state index contributed by atoms with van der Waals surface area (Å²) in [6.07, 6.45) is 2.28. The highest BCUT2D eigenvalue weighted by Crippen LogP contribution is 2.21. The van der Waals surface area contributed by atoms with Crippen molar-refractivity contribution in [3.8, 4) is 0 Å². The second-order valence-electron chi connectivity index (χ2n) is 5.37. The molecule has 0 spiro atoms. The molecular weight excluding hydrogens is 266 g/mol. The fraction of sp³-hybridized carbons (Fsp3) is 0.312. The number of carbonyl (C=O) groups excluding carboxylic acids is 1. The summed E-state index contributed by atoms with van der Waals surface area (Å²) in [5.74, 6) is 0.0123. The molecular formula is C16H17N3O2. The number of fused-ring (bicyclic) bond motifs is 1. The topological polar surface area (TPSA) is 65.8 Å². The highest BCUT2D eigenvalue weighted by atomic mass is 16.4. The Hall–Kier alpha value is -2.43. The van der Waals surface area contributed by atoms with Crippen molar-refractivity contribution in [2.75, 3.05) is 13.1 Å². The molecule has 1 atom stereocenters. The molecule has 1 amide bonds. The number of oxime groups is 1. The Labute approximate surface area is 122 Å². The standard InChI is InChI=1S/C16H17N3O2/c1-11-10-19(9-7-14(11)18-21)16(20)15-13-5-3-2-4-12(13)6-8-17-15/h2-6,8,11,21H,7,9-10H2,1H3/b18-14+. The average molecular weight is 283 g/mol. The molecule has 1 N–H and O–H groups in total. The van der Waals surface area contributed by atoms with Crippen LogP contribution in [0.25, 0.3) is 10.8 Å². The lowest BCUT2D eigenvalue weighted by atomic mass is 9.97. The van der Waals surface area contributed by atoms with Crippen LogP contribution in [0.3, 0.4) is 0 Å². The van der Waals surface area contributed by atoms with Gasteiger partial charge in [-0.3, -0.25) is 9.78 Å². The Kier molecular flexibility index (Phi) is 3.56. The van der Waals surface area contributed by atoms with Gasteiger partial charge in [-0.2, -0.15) is 0 Å². The molecule has 2 aromatic rings. The Balaban J connectivity index is 1.91. The van der Waals surface area contributed by atoms with Crippen LogP contribution in [-0.2, 0) is 0 Å². The maximum absolute atomic E-state index is 12.7. The van der Waals surface area contributed by atoms with Crippen LogP contribution in [0.5, 0.6) is 0 Å². The van der Waals surface area contributed by atoms with E-state index < -0.39 is 0 Å². The third kappa shape index (κ3) is 2.46. The van der Waals surface area contributed by atoms with Gasteiger partial charge in [0.25, 0.3) is 5.91 Å². The molecule has 21 heavy (non-hydrogen) atoms. The summed E-state index contributed by atoms with van der Waals surface area (Å²) in [5.41, 5.74) is 1.25. The summed E-state index contributed by atoms with van der Waals surface area (Å²) in [7, 11) is 0. The van der Waals surface area contributed by atoms with E-state index in [1.165, 1.54) is 0 Å². The molecule has 0 radical (unpaired) electrons. The van der Waals surface area contributed by atoms with Gasteiger partial charge in [0.05, 0.1) is 5.71 Å².